The average Bonchev–Trinajstić information content (AvgIpc) is 2.54. The van der Waals surface area contributed by atoms with Crippen LogP contribution in [0.4, 0.5) is 0 Å². The normalized spacial score (nSPS) is 16.0. The highest BCUT2D eigenvalue weighted by atomic mass is 16.5. The zero-order valence-corrected chi connectivity index (χ0v) is 12.0. The van der Waals surface area contributed by atoms with E-state index in [2.05, 4.69) is 10.3 Å². The number of ether oxygens (including phenoxy) is 2. The molecule has 2 heterocycles. The Morgan fingerprint density at radius 2 is 1.86 bits per heavy atom. The van der Waals surface area contributed by atoms with Crippen LogP contribution in [0.3, 0.4) is 0 Å². The summed E-state index contributed by atoms with van der Waals surface area (Å²) < 4.78 is 11.8. The molecule has 1 aromatic heterocycles. The molecule has 0 amide bonds. The van der Waals surface area contributed by atoms with Gasteiger partial charge in [0.25, 0.3) is 0 Å². The molecule has 0 radical (unpaired) electrons. The molecule has 0 saturated heterocycles. The van der Waals surface area contributed by atoms with Gasteiger partial charge in [-0.3, -0.25) is 0 Å². The van der Waals surface area contributed by atoms with Crippen LogP contribution in [-0.4, -0.2) is 18.1 Å². The number of pyridine rings is 1. The summed E-state index contributed by atoms with van der Waals surface area (Å²) in [6.45, 7) is 2.49. The van der Waals surface area contributed by atoms with Gasteiger partial charge in [-0.25, -0.2) is 4.98 Å². The molecule has 0 unspecified atom stereocenters. The average molecular weight is 284 g/mol. The lowest BCUT2D eigenvalue weighted by atomic mass is 10.2. The molecule has 0 fully saturated rings. The Morgan fingerprint density at radius 1 is 0.952 bits per heavy atom. The van der Waals surface area contributed by atoms with E-state index < -0.39 is 0 Å². The minimum atomic E-state index is 0.639. The molecule has 4 heteroatoms. The Labute approximate surface area is 125 Å². The van der Waals surface area contributed by atoms with E-state index in [1.807, 2.05) is 36.4 Å². The molecule has 0 bridgehead atoms. The molecule has 0 spiro atoms. The summed E-state index contributed by atoms with van der Waals surface area (Å²) in [6.07, 6.45) is 5.12. The highest BCUT2D eigenvalue weighted by Gasteiger charge is 2.10. The maximum absolute atomic E-state index is 5.98. The maximum atomic E-state index is 5.98. The van der Waals surface area contributed by atoms with Crippen LogP contribution >= 0.6 is 0 Å². The van der Waals surface area contributed by atoms with Crippen LogP contribution in [0, 0.1) is 0 Å². The van der Waals surface area contributed by atoms with E-state index in [0.29, 0.717) is 5.88 Å². The SMILES string of the molecule is c1cnc2c(c1)CNCCCCCOc1ccccc1O2. The molecule has 0 atom stereocenters. The lowest BCUT2D eigenvalue weighted by molar-refractivity contribution is 0.291. The van der Waals surface area contributed by atoms with Gasteiger partial charge in [0.05, 0.1) is 6.61 Å². The van der Waals surface area contributed by atoms with Crippen molar-refractivity contribution in [2.75, 3.05) is 13.2 Å². The fourth-order valence-electron chi connectivity index (χ4n) is 2.34. The monoisotopic (exact) mass is 284 g/mol. The molecule has 3 rings (SSSR count). The lowest BCUT2D eigenvalue weighted by Gasteiger charge is -2.13. The van der Waals surface area contributed by atoms with Gasteiger partial charge in [0.2, 0.25) is 5.88 Å². The Kier molecular flexibility index (Phi) is 4.69. The van der Waals surface area contributed by atoms with Crippen LogP contribution < -0.4 is 14.8 Å². The molecule has 2 aromatic rings. The molecule has 1 aliphatic heterocycles. The number of nitrogens with one attached hydrogen (secondary N) is 1. The zero-order valence-electron chi connectivity index (χ0n) is 12.0. The number of nitrogens with zero attached hydrogens (tertiary/aromatic N) is 1. The summed E-state index contributed by atoms with van der Waals surface area (Å²) in [7, 11) is 0. The second-order valence-electron chi connectivity index (χ2n) is 5.10. The van der Waals surface area contributed by atoms with Crippen molar-refractivity contribution in [1.29, 1.82) is 0 Å². The minimum absolute atomic E-state index is 0.639. The molecule has 1 aliphatic rings. The molecule has 110 valence electrons. The van der Waals surface area contributed by atoms with Crippen LogP contribution in [0.1, 0.15) is 24.8 Å². The molecular weight excluding hydrogens is 264 g/mol. The second kappa shape index (κ2) is 7.09. The number of para-hydroxylation sites is 2. The Balaban J connectivity index is 1.89. The largest absolute Gasteiger partial charge is 0.490 e. The summed E-state index contributed by atoms with van der Waals surface area (Å²) in [6, 6.07) is 11.7. The van der Waals surface area contributed by atoms with E-state index in [1.165, 1.54) is 0 Å². The summed E-state index contributed by atoms with van der Waals surface area (Å²) in [5.41, 5.74) is 1.06. The highest BCUT2D eigenvalue weighted by molar-refractivity contribution is 5.42. The first-order valence-electron chi connectivity index (χ1n) is 7.48. The van der Waals surface area contributed by atoms with Crippen molar-refractivity contribution in [3.63, 3.8) is 0 Å². The predicted molar refractivity (Wildman–Crippen MR) is 81.8 cm³/mol. The van der Waals surface area contributed by atoms with Crippen molar-refractivity contribution in [3.05, 3.63) is 48.2 Å². The van der Waals surface area contributed by atoms with Gasteiger partial charge in [-0.1, -0.05) is 18.2 Å². The number of rotatable bonds is 0. The van der Waals surface area contributed by atoms with Crippen molar-refractivity contribution in [1.82, 2.24) is 10.3 Å². The van der Waals surface area contributed by atoms with Gasteiger partial charge in [-0.05, 0) is 44.0 Å². The van der Waals surface area contributed by atoms with Gasteiger partial charge in [0.1, 0.15) is 0 Å². The smallest absolute Gasteiger partial charge is 0.223 e. The van der Waals surface area contributed by atoms with Crippen LogP contribution in [0.2, 0.25) is 0 Å². The summed E-state index contributed by atoms with van der Waals surface area (Å²) in [5.74, 6) is 2.14. The first-order chi connectivity index (χ1) is 10.4. The molecular formula is C17H20N2O2. The highest BCUT2D eigenvalue weighted by Crippen LogP contribution is 2.32. The first kappa shape index (κ1) is 13.9. The summed E-state index contributed by atoms with van der Waals surface area (Å²) >= 11 is 0. The maximum Gasteiger partial charge on any atom is 0.223 e. The number of aromatic nitrogens is 1. The third-order valence-corrected chi connectivity index (χ3v) is 3.48. The van der Waals surface area contributed by atoms with Gasteiger partial charge < -0.3 is 14.8 Å². The molecule has 0 saturated carbocycles. The van der Waals surface area contributed by atoms with Gasteiger partial charge in [0.15, 0.2) is 11.5 Å². The fourth-order valence-corrected chi connectivity index (χ4v) is 2.34. The van der Waals surface area contributed by atoms with Crippen LogP contribution in [-0.2, 0) is 6.54 Å². The second-order valence-corrected chi connectivity index (χ2v) is 5.10. The van der Waals surface area contributed by atoms with Crippen LogP contribution in [0.25, 0.3) is 0 Å². The molecule has 1 N–H and O–H groups in total. The van der Waals surface area contributed by atoms with E-state index in [9.17, 15) is 0 Å². The predicted octanol–water partition coefficient (Wildman–Crippen LogP) is 3.53. The summed E-state index contributed by atoms with van der Waals surface area (Å²) in [5, 5.41) is 3.44. The van der Waals surface area contributed by atoms with Crippen molar-refractivity contribution in [2.45, 2.75) is 25.8 Å². The fraction of sp³-hybridized carbons (Fsp3) is 0.353. The standard InChI is InChI=1S/C17H20N2O2/c1-4-10-18-13-14-7-6-11-19-17(14)21-16-9-3-2-8-15(16)20-12-5-1/h2-3,6-9,11,18H,1,4-5,10,12-13H2. The molecule has 1 aromatic carbocycles. The summed E-state index contributed by atoms with van der Waals surface area (Å²) in [4.78, 5) is 4.35. The van der Waals surface area contributed by atoms with Gasteiger partial charge in [-0.2, -0.15) is 0 Å². The number of benzene rings is 1. The Bertz CT molecular complexity index is 535. The van der Waals surface area contributed by atoms with Gasteiger partial charge in [-0.15, -0.1) is 0 Å². The Morgan fingerprint density at radius 3 is 2.81 bits per heavy atom. The first-order valence-corrected chi connectivity index (χ1v) is 7.48. The Hall–Kier alpha value is -2.07. The molecule has 0 aliphatic carbocycles. The number of hydrogen-bond donors (Lipinski definition) is 1. The van der Waals surface area contributed by atoms with E-state index in [1.54, 1.807) is 6.20 Å². The van der Waals surface area contributed by atoms with Crippen molar-refractivity contribution in [2.24, 2.45) is 0 Å². The van der Waals surface area contributed by atoms with E-state index >= 15 is 0 Å². The molecule has 21 heavy (non-hydrogen) atoms. The zero-order chi connectivity index (χ0) is 14.3. The van der Waals surface area contributed by atoms with Gasteiger partial charge in [0, 0.05) is 18.3 Å². The van der Waals surface area contributed by atoms with E-state index in [0.717, 1.165) is 56.0 Å². The van der Waals surface area contributed by atoms with Crippen LogP contribution in [0.15, 0.2) is 42.6 Å². The van der Waals surface area contributed by atoms with Crippen LogP contribution in [0.5, 0.6) is 17.4 Å². The minimum Gasteiger partial charge on any atom is -0.490 e. The van der Waals surface area contributed by atoms with Crippen molar-refractivity contribution in [3.8, 4) is 17.4 Å². The number of fused-ring (bicyclic) bond motifs is 2. The third-order valence-electron chi connectivity index (χ3n) is 3.48. The topological polar surface area (TPSA) is 43.4 Å². The van der Waals surface area contributed by atoms with Gasteiger partial charge >= 0.3 is 0 Å². The van der Waals surface area contributed by atoms with Crippen molar-refractivity contribution < 1.29 is 9.47 Å². The quantitative estimate of drug-likeness (QED) is 0.803. The van der Waals surface area contributed by atoms with E-state index in [-0.39, 0.29) is 0 Å². The lowest BCUT2D eigenvalue weighted by Crippen LogP contribution is -2.15. The van der Waals surface area contributed by atoms with Crippen molar-refractivity contribution >= 4 is 0 Å². The molecule has 4 nitrogen and oxygen atoms in total. The third kappa shape index (κ3) is 3.73. The van der Waals surface area contributed by atoms with E-state index in [4.69, 9.17) is 9.47 Å². The number of hydrogen-bond acceptors (Lipinski definition) is 4.